The van der Waals surface area contributed by atoms with Gasteiger partial charge in [0.05, 0.1) is 32.5 Å². The standard InChI is InChI=1S/C25H32N6O4/c1-35-19-6-4-17(5-7-19)24(33)18-8-10-30(11-9-18)15-22(32)31(13-16-2-3-16)14-21-27-20-12-26-29-23(20)25(34)28-21/h4-7,12,16,18,24,33H,2-3,8-11,13-15H2,1H3,(H,26,29)(H,27,28,34). The summed E-state index contributed by atoms with van der Waals surface area (Å²) in [5.74, 6) is 1.97. The smallest absolute Gasteiger partial charge is 0.276 e. The number of H-pyrrole nitrogens is 2. The van der Waals surface area contributed by atoms with Gasteiger partial charge in [-0.1, -0.05) is 12.1 Å². The number of likely N-dealkylation sites (tertiary alicyclic amines) is 1. The number of ether oxygens (including phenoxy) is 1. The minimum atomic E-state index is -0.522. The number of aliphatic hydroxyl groups excluding tert-OH is 1. The van der Waals surface area contributed by atoms with Crippen LogP contribution in [0.2, 0.25) is 0 Å². The molecule has 1 aliphatic carbocycles. The molecule has 0 radical (unpaired) electrons. The van der Waals surface area contributed by atoms with Gasteiger partial charge in [-0.3, -0.25) is 19.6 Å². The van der Waals surface area contributed by atoms with Gasteiger partial charge in [-0.15, -0.1) is 0 Å². The molecule has 3 N–H and O–H groups in total. The van der Waals surface area contributed by atoms with Gasteiger partial charge in [0.1, 0.15) is 22.6 Å². The fourth-order valence-corrected chi connectivity index (χ4v) is 4.81. The molecule has 1 atom stereocenters. The molecule has 2 aromatic heterocycles. The number of hydrogen-bond acceptors (Lipinski definition) is 7. The highest BCUT2D eigenvalue weighted by Gasteiger charge is 2.31. The van der Waals surface area contributed by atoms with Crippen LogP contribution in [0.4, 0.5) is 0 Å². The van der Waals surface area contributed by atoms with E-state index < -0.39 is 6.10 Å². The number of aromatic amines is 2. The van der Waals surface area contributed by atoms with Crippen LogP contribution in [-0.2, 0) is 11.3 Å². The minimum Gasteiger partial charge on any atom is -0.497 e. The van der Waals surface area contributed by atoms with Crippen molar-refractivity contribution >= 4 is 16.9 Å². The van der Waals surface area contributed by atoms with Crippen LogP contribution in [0.25, 0.3) is 11.0 Å². The van der Waals surface area contributed by atoms with Crippen molar-refractivity contribution in [1.29, 1.82) is 0 Å². The number of fused-ring (bicyclic) bond motifs is 1. The highest BCUT2D eigenvalue weighted by molar-refractivity contribution is 5.78. The number of piperidine rings is 1. The van der Waals surface area contributed by atoms with E-state index in [1.807, 2.05) is 29.2 Å². The lowest BCUT2D eigenvalue weighted by Gasteiger charge is -2.35. The van der Waals surface area contributed by atoms with Gasteiger partial charge in [-0.05, 0) is 68.3 Å². The molecule has 5 rings (SSSR count). The molecule has 3 heterocycles. The van der Waals surface area contributed by atoms with Crippen molar-refractivity contribution in [1.82, 2.24) is 30.0 Å². The summed E-state index contributed by atoms with van der Waals surface area (Å²) in [5, 5.41) is 17.4. The average molecular weight is 481 g/mol. The summed E-state index contributed by atoms with van der Waals surface area (Å²) in [6.45, 7) is 2.81. The largest absolute Gasteiger partial charge is 0.497 e. The van der Waals surface area contributed by atoms with Crippen molar-refractivity contribution in [2.24, 2.45) is 11.8 Å². The summed E-state index contributed by atoms with van der Waals surface area (Å²) in [6, 6.07) is 7.56. The second-order valence-electron chi connectivity index (χ2n) is 9.69. The molecule has 1 aliphatic heterocycles. The number of rotatable bonds is 9. The maximum atomic E-state index is 13.3. The Morgan fingerprint density at radius 3 is 2.66 bits per heavy atom. The third kappa shape index (κ3) is 5.54. The van der Waals surface area contributed by atoms with Crippen molar-refractivity contribution in [2.45, 2.75) is 38.3 Å². The zero-order chi connectivity index (χ0) is 24.4. The van der Waals surface area contributed by atoms with E-state index in [4.69, 9.17) is 4.74 Å². The number of carbonyl (C=O) groups is 1. The van der Waals surface area contributed by atoms with E-state index in [1.165, 1.54) is 6.20 Å². The maximum Gasteiger partial charge on any atom is 0.276 e. The second-order valence-corrected chi connectivity index (χ2v) is 9.69. The Kier molecular flexibility index (Phi) is 6.83. The van der Waals surface area contributed by atoms with Gasteiger partial charge in [0.15, 0.2) is 0 Å². The van der Waals surface area contributed by atoms with Gasteiger partial charge in [0.2, 0.25) is 5.91 Å². The lowest BCUT2D eigenvalue weighted by molar-refractivity contribution is -0.134. The normalized spacial score (nSPS) is 18.0. The Hall–Kier alpha value is -3.24. The fraction of sp³-hybridized carbons (Fsp3) is 0.520. The molecule has 3 aromatic rings. The van der Waals surface area contributed by atoms with Crippen LogP contribution in [-0.4, -0.2) is 74.3 Å². The third-order valence-electron chi connectivity index (χ3n) is 7.12. The summed E-state index contributed by atoms with van der Waals surface area (Å²) in [7, 11) is 1.63. The van der Waals surface area contributed by atoms with Crippen molar-refractivity contribution in [2.75, 3.05) is 33.3 Å². The first-order chi connectivity index (χ1) is 17.0. The highest BCUT2D eigenvalue weighted by atomic mass is 16.5. The highest BCUT2D eigenvalue weighted by Crippen LogP contribution is 2.32. The molecule has 2 fully saturated rings. The van der Waals surface area contributed by atoms with Crippen LogP contribution in [0, 0.1) is 11.8 Å². The number of amides is 1. The van der Waals surface area contributed by atoms with Gasteiger partial charge in [-0.2, -0.15) is 5.10 Å². The summed E-state index contributed by atoms with van der Waals surface area (Å²) in [4.78, 5) is 36.8. The first-order valence-corrected chi connectivity index (χ1v) is 12.2. The molecule has 1 amide bonds. The van der Waals surface area contributed by atoms with Gasteiger partial charge in [-0.25, -0.2) is 4.98 Å². The number of nitrogens with one attached hydrogen (secondary N) is 2. The molecule has 186 valence electrons. The van der Waals surface area contributed by atoms with E-state index >= 15 is 0 Å². The van der Waals surface area contributed by atoms with Gasteiger partial charge in [0, 0.05) is 6.54 Å². The monoisotopic (exact) mass is 480 g/mol. The van der Waals surface area contributed by atoms with E-state index in [-0.39, 0.29) is 23.9 Å². The number of methoxy groups -OCH3 is 1. The molecule has 0 bridgehead atoms. The lowest BCUT2D eigenvalue weighted by atomic mass is 9.87. The number of aromatic nitrogens is 4. The molecule has 2 aliphatic rings. The molecule has 35 heavy (non-hydrogen) atoms. The van der Waals surface area contributed by atoms with E-state index in [0.717, 1.165) is 50.1 Å². The molecule has 1 unspecified atom stereocenters. The molecular weight excluding hydrogens is 448 g/mol. The molecular formula is C25H32N6O4. The van der Waals surface area contributed by atoms with Gasteiger partial charge >= 0.3 is 0 Å². The van der Waals surface area contributed by atoms with Crippen LogP contribution in [0.3, 0.4) is 0 Å². The molecule has 1 saturated heterocycles. The van der Waals surface area contributed by atoms with Crippen molar-refractivity contribution < 1.29 is 14.6 Å². The van der Waals surface area contributed by atoms with Gasteiger partial charge in [0.25, 0.3) is 5.56 Å². The number of aliphatic hydroxyl groups is 1. The van der Waals surface area contributed by atoms with E-state index in [2.05, 4.69) is 25.1 Å². The Morgan fingerprint density at radius 2 is 1.97 bits per heavy atom. The van der Waals surface area contributed by atoms with Crippen LogP contribution >= 0.6 is 0 Å². The van der Waals surface area contributed by atoms with Crippen molar-refractivity contribution in [3.63, 3.8) is 0 Å². The zero-order valence-corrected chi connectivity index (χ0v) is 19.9. The Labute approximate surface area is 203 Å². The summed E-state index contributed by atoms with van der Waals surface area (Å²) >= 11 is 0. The summed E-state index contributed by atoms with van der Waals surface area (Å²) < 4.78 is 5.20. The van der Waals surface area contributed by atoms with E-state index in [1.54, 1.807) is 7.11 Å². The van der Waals surface area contributed by atoms with Crippen molar-refractivity contribution in [3.05, 3.63) is 52.2 Å². The first kappa shape index (κ1) is 23.5. The average Bonchev–Trinajstić information content (AvgIpc) is 3.56. The SMILES string of the molecule is COc1ccc(C(O)C2CCN(CC(=O)N(Cc3nc4cn[nH]c4c(=O)[nH]3)CC3CC3)CC2)cc1. The molecule has 10 nitrogen and oxygen atoms in total. The topological polar surface area (TPSA) is 127 Å². The minimum absolute atomic E-state index is 0.0426. The third-order valence-corrected chi connectivity index (χ3v) is 7.12. The molecule has 0 spiro atoms. The Bertz CT molecular complexity index is 1210. The second kappa shape index (κ2) is 10.2. The predicted octanol–water partition coefficient (Wildman–Crippen LogP) is 1.84. The van der Waals surface area contributed by atoms with Crippen LogP contribution in [0.5, 0.6) is 5.75 Å². The molecule has 10 heteroatoms. The van der Waals surface area contributed by atoms with E-state index in [0.29, 0.717) is 35.9 Å². The first-order valence-electron chi connectivity index (χ1n) is 12.2. The van der Waals surface area contributed by atoms with Crippen molar-refractivity contribution in [3.8, 4) is 5.75 Å². The number of hydrogen-bond donors (Lipinski definition) is 3. The molecule has 1 saturated carbocycles. The van der Waals surface area contributed by atoms with Crippen LogP contribution < -0.4 is 10.3 Å². The number of nitrogens with zero attached hydrogens (tertiary/aromatic N) is 4. The predicted molar refractivity (Wildman–Crippen MR) is 130 cm³/mol. The maximum absolute atomic E-state index is 13.3. The van der Waals surface area contributed by atoms with Crippen LogP contribution in [0.15, 0.2) is 35.3 Å². The summed E-state index contributed by atoms with van der Waals surface area (Å²) in [6.07, 6.45) is 4.91. The quantitative estimate of drug-likeness (QED) is 0.426. The fourth-order valence-electron chi connectivity index (χ4n) is 4.81. The number of benzene rings is 1. The summed E-state index contributed by atoms with van der Waals surface area (Å²) in [5.41, 5.74) is 1.46. The Morgan fingerprint density at radius 1 is 1.23 bits per heavy atom. The van der Waals surface area contributed by atoms with Gasteiger partial charge < -0.3 is 19.7 Å². The molecule has 1 aromatic carbocycles. The Balaban J connectivity index is 1.18. The zero-order valence-electron chi connectivity index (χ0n) is 19.9. The lowest BCUT2D eigenvalue weighted by Crippen LogP contribution is -2.44. The van der Waals surface area contributed by atoms with Crippen LogP contribution in [0.1, 0.15) is 43.2 Å². The van der Waals surface area contributed by atoms with E-state index in [9.17, 15) is 14.7 Å². The number of carbonyl (C=O) groups excluding carboxylic acids is 1.